The van der Waals surface area contributed by atoms with Crippen molar-refractivity contribution in [1.29, 1.82) is 0 Å². The van der Waals surface area contributed by atoms with Gasteiger partial charge in [-0.25, -0.2) is 4.68 Å². The number of alkyl halides is 3. The number of carbonyl (C=O) groups is 1. The van der Waals surface area contributed by atoms with Gasteiger partial charge in [0.25, 0.3) is 5.56 Å². The van der Waals surface area contributed by atoms with E-state index >= 15 is 0 Å². The Morgan fingerprint density at radius 2 is 1.71 bits per heavy atom. The van der Waals surface area contributed by atoms with Crippen molar-refractivity contribution in [2.75, 3.05) is 5.32 Å². The topological polar surface area (TPSA) is 86.1 Å². The van der Waals surface area contributed by atoms with E-state index < -0.39 is 23.6 Å². The van der Waals surface area contributed by atoms with Crippen molar-refractivity contribution in [2.45, 2.75) is 12.9 Å². The van der Waals surface area contributed by atoms with Gasteiger partial charge >= 0.3 is 6.36 Å². The van der Waals surface area contributed by atoms with Crippen molar-refractivity contribution < 1.29 is 22.7 Å². The molecular formula is C18H13F3N4O3. The van der Waals surface area contributed by atoms with E-state index in [0.29, 0.717) is 5.69 Å². The predicted molar refractivity (Wildman–Crippen MR) is 93.5 cm³/mol. The highest BCUT2D eigenvalue weighted by Crippen LogP contribution is 2.23. The summed E-state index contributed by atoms with van der Waals surface area (Å²) < 4.78 is 41.2. The molecule has 2 aromatic heterocycles. The SMILES string of the molecule is O=C(Cn1nc(-c2ccncc2)ccc1=O)Nc1ccc(OC(F)(F)F)cc1. The number of amides is 1. The van der Waals surface area contributed by atoms with Crippen LogP contribution in [0, 0.1) is 0 Å². The Morgan fingerprint density at radius 1 is 1.04 bits per heavy atom. The highest BCUT2D eigenvalue weighted by molar-refractivity contribution is 5.90. The lowest BCUT2D eigenvalue weighted by molar-refractivity contribution is -0.274. The van der Waals surface area contributed by atoms with Gasteiger partial charge in [-0.05, 0) is 42.5 Å². The van der Waals surface area contributed by atoms with E-state index in [-0.39, 0.29) is 12.2 Å². The minimum Gasteiger partial charge on any atom is -0.406 e. The number of nitrogens with zero attached hydrogens (tertiary/aromatic N) is 3. The van der Waals surface area contributed by atoms with Gasteiger partial charge in [-0.15, -0.1) is 13.2 Å². The fraction of sp³-hybridized carbons (Fsp3) is 0.111. The molecule has 0 atom stereocenters. The van der Waals surface area contributed by atoms with E-state index in [1.807, 2.05) is 0 Å². The first-order valence-electron chi connectivity index (χ1n) is 7.94. The summed E-state index contributed by atoms with van der Waals surface area (Å²) in [5, 5.41) is 6.63. The van der Waals surface area contributed by atoms with Crippen molar-refractivity contribution in [3.05, 3.63) is 71.3 Å². The molecule has 1 amide bonds. The summed E-state index contributed by atoms with van der Waals surface area (Å²) in [5.41, 5.74) is 0.993. The molecule has 28 heavy (non-hydrogen) atoms. The number of anilines is 1. The maximum absolute atomic E-state index is 12.2. The van der Waals surface area contributed by atoms with E-state index in [1.54, 1.807) is 24.5 Å². The van der Waals surface area contributed by atoms with E-state index in [0.717, 1.165) is 22.4 Å². The number of carbonyl (C=O) groups excluding carboxylic acids is 1. The molecule has 3 aromatic rings. The van der Waals surface area contributed by atoms with Gasteiger partial charge in [0.05, 0.1) is 5.69 Å². The standard InChI is InChI=1S/C18H13F3N4O3/c19-18(20,21)28-14-3-1-13(2-4-14)23-16(26)11-25-17(27)6-5-15(24-25)12-7-9-22-10-8-12/h1-10H,11H2,(H,23,26). The summed E-state index contributed by atoms with van der Waals surface area (Å²) in [5.74, 6) is -0.973. The Kier molecular flexibility index (Phi) is 5.39. The minimum atomic E-state index is -4.79. The molecule has 0 aliphatic carbocycles. The third-order valence-electron chi connectivity index (χ3n) is 3.51. The molecule has 10 heteroatoms. The number of nitrogens with one attached hydrogen (secondary N) is 1. The summed E-state index contributed by atoms with van der Waals surface area (Å²) in [6.07, 6.45) is -1.64. The monoisotopic (exact) mass is 390 g/mol. The van der Waals surface area contributed by atoms with Crippen molar-refractivity contribution in [3.63, 3.8) is 0 Å². The first-order chi connectivity index (χ1) is 13.3. The first kappa shape index (κ1) is 19.1. The van der Waals surface area contributed by atoms with E-state index in [4.69, 9.17) is 0 Å². The van der Waals surface area contributed by atoms with E-state index in [1.165, 1.54) is 24.3 Å². The van der Waals surface area contributed by atoms with Crippen LogP contribution in [-0.2, 0) is 11.3 Å². The van der Waals surface area contributed by atoms with Gasteiger partial charge in [0.1, 0.15) is 12.3 Å². The van der Waals surface area contributed by atoms with Gasteiger partial charge in [-0.1, -0.05) is 0 Å². The zero-order chi connectivity index (χ0) is 20.1. The molecular weight excluding hydrogens is 377 g/mol. The quantitative estimate of drug-likeness (QED) is 0.724. The van der Waals surface area contributed by atoms with Crippen LogP contribution >= 0.6 is 0 Å². The zero-order valence-electron chi connectivity index (χ0n) is 14.2. The molecule has 0 saturated carbocycles. The van der Waals surface area contributed by atoms with Crippen LogP contribution in [0.25, 0.3) is 11.3 Å². The summed E-state index contributed by atoms with van der Waals surface area (Å²) >= 11 is 0. The average Bonchev–Trinajstić information content (AvgIpc) is 2.65. The Morgan fingerprint density at radius 3 is 2.36 bits per heavy atom. The van der Waals surface area contributed by atoms with Gasteiger partial charge < -0.3 is 10.1 Å². The lowest BCUT2D eigenvalue weighted by Crippen LogP contribution is -2.29. The van der Waals surface area contributed by atoms with Crippen molar-refractivity contribution >= 4 is 11.6 Å². The number of rotatable bonds is 5. The molecule has 0 radical (unpaired) electrons. The number of hydrogen-bond donors (Lipinski definition) is 1. The molecule has 1 N–H and O–H groups in total. The number of pyridine rings is 1. The van der Waals surface area contributed by atoms with Crippen LogP contribution in [0.5, 0.6) is 5.75 Å². The Bertz CT molecular complexity index is 1020. The Balaban J connectivity index is 1.69. The second-order valence-electron chi connectivity index (χ2n) is 5.57. The summed E-state index contributed by atoms with van der Waals surface area (Å²) in [6, 6.07) is 10.9. The molecule has 0 fully saturated rings. The number of halogens is 3. The second kappa shape index (κ2) is 7.91. The molecule has 2 heterocycles. The first-order valence-corrected chi connectivity index (χ1v) is 7.94. The largest absolute Gasteiger partial charge is 0.573 e. The third kappa shape index (κ3) is 5.16. The summed E-state index contributed by atoms with van der Waals surface area (Å²) in [7, 11) is 0. The van der Waals surface area contributed by atoms with Gasteiger partial charge in [-0.3, -0.25) is 14.6 Å². The van der Waals surface area contributed by atoms with Crippen LogP contribution in [0.15, 0.2) is 65.7 Å². The molecule has 0 saturated heterocycles. The van der Waals surface area contributed by atoms with Crippen LogP contribution < -0.4 is 15.6 Å². The van der Waals surface area contributed by atoms with Crippen LogP contribution in [-0.4, -0.2) is 27.0 Å². The zero-order valence-corrected chi connectivity index (χ0v) is 14.2. The van der Waals surface area contributed by atoms with Crippen molar-refractivity contribution in [3.8, 4) is 17.0 Å². The average molecular weight is 390 g/mol. The normalized spacial score (nSPS) is 11.1. The van der Waals surface area contributed by atoms with E-state index in [2.05, 4.69) is 20.1 Å². The smallest absolute Gasteiger partial charge is 0.406 e. The molecule has 0 aliphatic rings. The highest BCUT2D eigenvalue weighted by Gasteiger charge is 2.30. The molecule has 7 nitrogen and oxygen atoms in total. The molecule has 3 rings (SSSR count). The minimum absolute atomic E-state index is 0.248. The molecule has 1 aromatic carbocycles. The second-order valence-corrected chi connectivity index (χ2v) is 5.57. The van der Waals surface area contributed by atoms with Gasteiger partial charge in [-0.2, -0.15) is 5.10 Å². The van der Waals surface area contributed by atoms with Crippen molar-refractivity contribution in [1.82, 2.24) is 14.8 Å². The maximum Gasteiger partial charge on any atom is 0.573 e. The third-order valence-corrected chi connectivity index (χ3v) is 3.51. The maximum atomic E-state index is 12.2. The molecule has 144 valence electrons. The summed E-state index contributed by atoms with van der Waals surface area (Å²) in [4.78, 5) is 28.0. The van der Waals surface area contributed by atoms with Crippen LogP contribution in [0.1, 0.15) is 0 Å². The Hall–Kier alpha value is -3.69. The van der Waals surface area contributed by atoms with Crippen LogP contribution in [0.2, 0.25) is 0 Å². The molecule has 0 spiro atoms. The van der Waals surface area contributed by atoms with Crippen molar-refractivity contribution in [2.24, 2.45) is 0 Å². The van der Waals surface area contributed by atoms with Crippen LogP contribution in [0.3, 0.4) is 0 Å². The van der Waals surface area contributed by atoms with Gasteiger partial charge in [0.15, 0.2) is 0 Å². The fourth-order valence-electron chi connectivity index (χ4n) is 2.32. The lowest BCUT2D eigenvalue weighted by Gasteiger charge is -2.10. The molecule has 0 bridgehead atoms. The fourth-order valence-corrected chi connectivity index (χ4v) is 2.32. The van der Waals surface area contributed by atoms with E-state index in [9.17, 15) is 22.8 Å². The highest BCUT2D eigenvalue weighted by atomic mass is 19.4. The summed E-state index contributed by atoms with van der Waals surface area (Å²) in [6.45, 7) is -0.363. The van der Waals surface area contributed by atoms with Gasteiger partial charge in [0, 0.05) is 29.7 Å². The molecule has 0 unspecified atom stereocenters. The number of hydrogen-bond acceptors (Lipinski definition) is 5. The van der Waals surface area contributed by atoms with Crippen LogP contribution in [0.4, 0.5) is 18.9 Å². The number of aromatic nitrogens is 3. The lowest BCUT2D eigenvalue weighted by atomic mass is 10.2. The van der Waals surface area contributed by atoms with Gasteiger partial charge in [0.2, 0.25) is 5.91 Å². The number of ether oxygens (including phenoxy) is 1. The Labute approximate surface area is 156 Å². The number of benzene rings is 1. The molecule has 0 aliphatic heterocycles. The predicted octanol–water partition coefficient (Wildman–Crippen LogP) is 2.84.